The smallest absolute Gasteiger partial charge is 0.326 e. The number of aromatic hydroxyl groups is 1. The van der Waals surface area contributed by atoms with Crippen LogP contribution in [0.2, 0.25) is 0 Å². The summed E-state index contributed by atoms with van der Waals surface area (Å²) >= 11 is 6.44. The zero-order valence-electron chi connectivity index (χ0n) is 9.92. The van der Waals surface area contributed by atoms with Gasteiger partial charge in [0.05, 0.1) is 0 Å². The van der Waals surface area contributed by atoms with Crippen molar-refractivity contribution in [2.24, 2.45) is 0 Å². The molecule has 18 heavy (non-hydrogen) atoms. The highest BCUT2D eigenvalue weighted by atomic mass is 32.2. The zero-order chi connectivity index (χ0) is 13.5. The second-order valence-corrected chi connectivity index (χ2v) is 5.57. The van der Waals surface area contributed by atoms with E-state index in [4.69, 9.17) is 22.4 Å². The Kier molecular flexibility index (Phi) is 5.94. The fourth-order valence-corrected chi connectivity index (χ4v) is 2.37. The molecule has 0 heterocycles. The summed E-state index contributed by atoms with van der Waals surface area (Å²) in [6.07, 6.45) is 0.319. The number of carboxylic acid groups (broad SMARTS) is 1. The minimum atomic E-state index is -0.942. The number of nitrogens with one attached hydrogen (secondary N) is 1. The number of aliphatic carboxylic acids is 1. The summed E-state index contributed by atoms with van der Waals surface area (Å²) in [4.78, 5) is 11.1. The Morgan fingerprint density at radius 1 is 1.44 bits per heavy atom. The molecule has 4 nitrogen and oxygen atoms in total. The molecule has 0 aliphatic rings. The average molecular weight is 285 g/mol. The Bertz CT molecular complexity index is 420. The fourth-order valence-electron chi connectivity index (χ4n) is 1.38. The van der Waals surface area contributed by atoms with E-state index >= 15 is 0 Å². The molecule has 0 bridgehead atoms. The Balaban J connectivity index is 2.65. The zero-order valence-corrected chi connectivity index (χ0v) is 11.6. The summed E-state index contributed by atoms with van der Waals surface area (Å²) in [6.45, 7) is 1.95. The van der Waals surface area contributed by atoms with Crippen molar-refractivity contribution in [3.05, 3.63) is 29.8 Å². The Morgan fingerprint density at radius 3 is 2.56 bits per heavy atom. The number of rotatable bonds is 5. The lowest BCUT2D eigenvalue weighted by Crippen LogP contribution is -2.40. The molecule has 1 atom stereocenters. The number of hydrogen-bond acceptors (Lipinski definition) is 4. The van der Waals surface area contributed by atoms with Crippen molar-refractivity contribution in [2.75, 3.05) is 5.75 Å². The monoisotopic (exact) mass is 285 g/mol. The number of hydrogen-bond donors (Lipinski definition) is 3. The molecular weight excluding hydrogens is 270 g/mol. The first-order valence-corrected chi connectivity index (χ1v) is 6.86. The quantitative estimate of drug-likeness (QED) is 0.719. The third kappa shape index (κ3) is 4.93. The van der Waals surface area contributed by atoms with E-state index in [9.17, 15) is 4.79 Å². The van der Waals surface area contributed by atoms with Gasteiger partial charge in [0.15, 0.2) is 0 Å². The number of carbonyl (C=O) groups is 1. The van der Waals surface area contributed by atoms with Gasteiger partial charge in [0.1, 0.15) is 16.1 Å². The molecule has 3 N–H and O–H groups in total. The largest absolute Gasteiger partial charge is 0.508 e. The van der Waals surface area contributed by atoms with Gasteiger partial charge in [0.25, 0.3) is 0 Å². The third-order valence-corrected chi connectivity index (χ3v) is 3.38. The molecule has 0 aliphatic heterocycles. The summed E-state index contributed by atoms with van der Waals surface area (Å²) in [5.74, 6) is 0.0231. The summed E-state index contributed by atoms with van der Waals surface area (Å²) in [5.41, 5.74) is 0.831. The molecule has 0 spiro atoms. The molecule has 1 rings (SSSR count). The van der Waals surface area contributed by atoms with E-state index in [2.05, 4.69) is 5.32 Å². The highest BCUT2D eigenvalue weighted by Gasteiger charge is 2.18. The van der Waals surface area contributed by atoms with E-state index in [1.54, 1.807) is 12.1 Å². The number of benzene rings is 1. The Morgan fingerprint density at radius 2 is 2.06 bits per heavy atom. The van der Waals surface area contributed by atoms with Gasteiger partial charge in [-0.05, 0) is 23.4 Å². The first-order valence-electron chi connectivity index (χ1n) is 5.47. The van der Waals surface area contributed by atoms with Crippen LogP contribution in [0.25, 0.3) is 0 Å². The predicted octanol–water partition coefficient (Wildman–Crippen LogP) is 2.02. The molecular formula is C12H15NO3S2. The topological polar surface area (TPSA) is 69.6 Å². The van der Waals surface area contributed by atoms with Gasteiger partial charge in [0.2, 0.25) is 0 Å². The van der Waals surface area contributed by atoms with Crippen LogP contribution in [0.4, 0.5) is 0 Å². The lowest BCUT2D eigenvalue weighted by molar-refractivity contribution is -0.138. The maximum absolute atomic E-state index is 11.1. The van der Waals surface area contributed by atoms with Crippen molar-refractivity contribution >= 4 is 34.3 Å². The van der Waals surface area contributed by atoms with Gasteiger partial charge in [-0.15, -0.1) is 0 Å². The lowest BCUT2D eigenvalue weighted by atomic mass is 10.1. The number of phenolic OH excluding ortho intramolecular Hbond substituents is 1. The first-order chi connectivity index (χ1) is 8.52. The van der Waals surface area contributed by atoms with Gasteiger partial charge in [-0.3, -0.25) is 0 Å². The standard InChI is InChI=1S/C12H15NO3S2/c1-2-18-12(17)13-10(11(15)16)7-8-3-5-9(14)6-4-8/h3-6,10,14H,2,7H2,1H3,(H,13,17)(H,15,16)/t10-/m0/s1. The van der Waals surface area contributed by atoms with Crippen LogP contribution in [-0.2, 0) is 11.2 Å². The minimum absolute atomic E-state index is 0.163. The minimum Gasteiger partial charge on any atom is -0.508 e. The lowest BCUT2D eigenvalue weighted by Gasteiger charge is -2.15. The highest BCUT2D eigenvalue weighted by molar-refractivity contribution is 8.22. The normalized spacial score (nSPS) is 11.8. The molecule has 1 aromatic rings. The maximum Gasteiger partial charge on any atom is 0.326 e. The second-order valence-electron chi connectivity index (χ2n) is 3.63. The molecule has 6 heteroatoms. The first kappa shape index (κ1) is 14.8. The van der Waals surface area contributed by atoms with Crippen molar-refractivity contribution in [2.45, 2.75) is 19.4 Å². The molecule has 98 valence electrons. The summed E-state index contributed by atoms with van der Waals surface area (Å²) in [5, 5.41) is 21.1. The molecule has 0 saturated heterocycles. The molecule has 0 saturated carbocycles. The van der Waals surface area contributed by atoms with Crippen LogP contribution < -0.4 is 5.32 Å². The van der Waals surface area contributed by atoms with Crippen molar-refractivity contribution in [3.8, 4) is 5.75 Å². The van der Waals surface area contributed by atoms with Crippen LogP contribution in [0.5, 0.6) is 5.75 Å². The average Bonchev–Trinajstić information content (AvgIpc) is 2.31. The van der Waals surface area contributed by atoms with Crippen molar-refractivity contribution in [1.29, 1.82) is 0 Å². The van der Waals surface area contributed by atoms with Crippen LogP contribution >= 0.6 is 24.0 Å². The third-order valence-electron chi connectivity index (χ3n) is 2.24. The number of carboxylic acids is 1. The van der Waals surface area contributed by atoms with Gasteiger partial charge in [0, 0.05) is 6.42 Å². The SMILES string of the molecule is CCSC(=S)N[C@@H](Cc1ccc(O)cc1)C(=O)O. The predicted molar refractivity (Wildman–Crippen MR) is 77.1 cm³/mol. The van der Waals surface area contributed by atoms with Crippen LogP contribution in [0.3, 0.4) is 0 Å². The van der Waals surface area contributed by atoms with Gasteiger partial charge in [-0.2, -0.15) is 0 Å². The van der Waals surface area contributed by atoms with E-state index in [-0.39, 0.29) is 5.75 Å². The van der Waals surface area contributed by atoms with Gasteiger partial charge in [-0.1, -0.05) is 43.0 Å². The van der Waals surface area contributed by atoms with E-state index in [0.29, 0.717) is 10.7 Å². The van der Waals surface area contributed by atoms with Crippen LogP contribution in [-0.4, -0.2) is 32.3 Å². The number of phenols is 1. The van der Waals surface area contributed by atoms with E-state index in [1.807, 2.05) is 6.92 Å². The van der Waals surface area contributed by atoms with E-state index in [1.165, 1.54) is 23.9 Å². The highest BCUT2D eigenvalue weighted by Crippen LogP contribution is 2.12. The van der Waals surface area contributed by atoms with Crippen LogP contribution in [0.15, 0.2) is 24.3 Å². The van der Waals surface area contributed by atoms with Gasteiger partial charge in [-0.25, -0.2) is 4.79 Å². The number of thiocarbonyl (C=S) groups is 1. The van der Waals surface area contributed by atoms with Crippen LogP contribution in [0, 0.1) is 0 Å². The van der Waals surface area contributed by atoms with Crippen molar-refractivity contribution in [1.82, 2.24) is 5.32 Å². The molecule has 0 fully saturated rings. The van der Waals surface area contributed by atoms with Gasteiger partial charge < -0.3 is 15.5 Å². The van der Waals surface area contributed by atoms with Gasteiger partial charge >= 0.3 is 5.97 Å². The molecule has 0 unspecified atom stereocenters. The molecule has 0 aromatic heterocycles. The fraction of sp³-hybridized carbons (Fsp3) is 0.333. The molecule has 0 amide bonds. The molecule has 0 radical (unpaired) electrons. The Labute approximate surface area is 115 Å². The van der Waals surface area contributed by atoms with Crippen molar-refractivity contribution < 1.29 is 15.0 Å². The number of thioether (sulfide) groups is 1. The summed E-state index contributed by atoms with van der Waals surface area (Å²) in [6, 6.07) is 5.72. The van der Waals surface area contributed by atoms with E-state index in [0.717, 1.165) is 11.3 Å². The molecule has 0 aliphatic carbocycles. The Hall–Kier alpha value is -1.27. The van der Waals surface area contributed by atoms with E-state index < -0.39 is 12.0 Å². The molecule has 1 aromatic carbocycles. The van der Waals surface area contributed by atoms with Crippen LogP contribution in [0.1, 0.15) is 12.5 Å². The summed E-state index contributed by atoms with van der Waals surface area (Å²) < 4.78 is 0.490. The second kappa shape index (κ2) is 7.23. The maximum atomic E-state index is 11.1. The summed E-state index contributed by atoms with van der Waals surface area (Å²) in [7, 11) is 0. The van der Waals surface area contributed by atoms with Crippen molar-refractivity contribution in [3.63, 3.8) is 0 Å².